The molecule has 3 aliphatic heterocycles. The molecule has 13 heteroatoms. The molecule has 4 rings (SSSR count). The van der Waals surface area contributed by atoms with E-state index in [0.29, 0.717) is 18.4 Å². The highest BCUT2D eigenvalue weighted by Crippen LogP contribution is 2.45. The van der Waals surface area contributed by atoms with E-state index in [9.17, 15) is 24.2 Å². The molecule has 5 N–H and O–H groups in total. The Morgan fingerprint density at radius 3 is 2.36 bits per heavy atom. The third-order valence-corrected chi connectivity index (χ3v) is 11.3. The van der Waals surface area contributed by atoms with Gasteiger partial charge in [-0.25, -0.2) is 9.18 Å². The number of carbonyl (C=O) groups is 2. The number of benzene rings is 1. The molecule has 3 fully saturated rings. The summed E-state index contributed by atoms with van der Waals surface area (Å²) in [6, 6.07) is 4.92. The number of carbonyl (C=O) groups excluding carboxylic acids is 2. The quantitative estimate of drug-likeness (QED) is 0.305. The molecule has 3 heterocycles. The average molecular weight is 710 g/mol. The van der Waals surface area contributed by atoms with Crippen molar-refractivity contribution in [1.29, 1.82) is 0 Å². The zero-order valence-corrected chi connectivity index (χ0v) is 31.3. The molecule has 3 saturated heterocycles. The normalized spacial score (nSPS) is 42.9. The predicted octanol–water partition coefficient (Wildman–Crippen LogP) is 3.74. The summed E-state index contributed by atoms with van der Waals surface area (Å²) in [4.78, 5) is 29.3. The van der Waals surface area contributed by atoms with Crippen molar-refractivity contribution in [1.82, 2.24) is 10.2 Å². The van der Waals surface area contributed by atoms with Gasteiger partial charge >= 0.3 is 12.1 Å². The molecule has 1 amide bonds. The molecule has 0 aromatic heterocycles. The van der Waals surface area contributed by atoms with Gasteiger partial charge in [-0.3, -0.25) is 4.79 Å². The molecule has 1 unspecified atom stereocenters. The van der Waals surface area contributed by atoms with Crippen molar-refractivity contribution in [3.05, 3.63) is 35.6 Å². The van der Waals surface area contributed by atoms with Crippen molar-refractivity contribution in [3.8, 4) is 0 Å². The van der Waals surface area contributed by atoms with Crippen LogP contribution in [0.15, 0.2) is 24.3 Å². The Hall–Kier alpha value is -2.39. The fourth-order valence-corrected chi connectivity index (χ4v) is 8.42. The van der Waals surface area contributed by atoms with Gasteiger partial charge < -0.3 is 49.8 Å². The number of nitrogens with two attached hydrogens (primary N) is 1. The van der Waals surface area contributed by atoms with Crippen molar-refractivity contribution in [3.63, 3.8) is 0 Å². The van der Waals surface area contributed by atoms with Gasteiger partial charge in [0.25, 0.3) is 0 Å². The monoisotopic (exact) mass is 709 g/mol. The van der Waals surface area contributed by atoms with Gasteiger partial charge in [-0.15, -0.1) is 0 Å². The first-order valence-electron chi connectivity index (χ1n) is 18.0. The van der Waals surface area contributed by atoms with E-state index in [1.165, 1.54) is 12.1 Å². The highest BCUT2D eigenvalue weighted by molar-refractivity contribution is 5.74. The van der Waals surface area contributed by atoms with E-state index in [0.717, 1.165) is 0 Å². The number of hydrogen-bond donors (Lipinski definition) is 4. The van der Waals surface area contributed by atoms with Crippen LogP contribution in [0.3, 0.4) is 0 Å². The third-order valence-electron chi connectivity index (χ3n) is 11.3. The number of likely N-dealkylation sites (N-methyl/N-ethyl adjacent to an activating group) is 1. The van der Waals surface area contributed by atoms with Crippen LogP contribution in [0.25, 0.3) is 0 Å². The molecule has 1 aromatic carbocycles. The van der Waals surface area contributed by atoms with Crippen molar-refractivity contribution in [2.75, 3.05) is 14.1 Å². The minimum atomic E-state index is -1.60. The standard InChI is InChI=1S/C37H60FN3O9/c1-11-27-37(8)31(39)21(4)29(50-37)19(2)17-36(7,45)32(49-34-28(42)26(41(9)10)16-20(3)46-34)22(5)30(23(6)33(43)47-27)48-35(44)40-18-24-12-14-25(38)15-13-24/h12-15,19-23,26-32,34,42,45H,11,16-18,39H2,1-10H3,(H,40,44)/t19-,20-,21+,22+,23-,26+,27-,28-,29+,30+,31+,32-,34+,36+,37?/m1/s1. The zero-order valence-electron chi connectivity index (χ0n) is 31.3. The second kappa shape index (κ2) is 16.1. The summed E-state index contributed by atoms with van der Waals surface area (Å²) in [5.74, 6) is -3.25. The number of alkyl carbamates (subject to hydrolysis) is 1. The van der Waals surface area contributed by atoms with Crippen LogP contribution in [0.2, 0.25) is 0 Å². The van der Waals surface area contributed by atoms with E-state index < -0.39 is 77.7 Å². The van der Waals surface area contributed by atoms with Crippen LogP contribution in [0, 0.1) is 29.5 Å². The lowest BCUT2D eigenvalue weighted by atomic mass is 9.75. The van der Waals surface area contributed by atoms with Crippen molar-refractivity contribution in [2.24, 2.45) is 29.4 Å². The summed E-state index contributed by atoms with van der Waals surface area (Å²) in [7, 11) is 3.74. The number of esters is 1. The Morgan fingerprint density at radius 1 is 1.12 bits per heavy atom. The Kier molecular flexibility index (Phi) is 13.0. The first-order valence-corrected chi connectivity index (χ1v) is 18.0. The maximum absolute atomic E-state index is 14.0. The third kappa shape index (κ3) is 8.62. The molecule has 0 saturated carbocycles. The number of aliphatic hydroxyl groups is 2. The van der Waals surface area contributed by atoms with E-state index in [4.69, 9.17) is 29.4 Å². The number of fused-ring (bicyclic) bond motifs is 2. The van der Waals surface area contributed by atoms with E-state index >= 15 is 0 Å². The number of amides is 1. The molecule has 2 bridgehead atoms. The van der Waals surface area contributed by atoms with E-state index in [2.05, 4.69) is 5.32 Å². The summed E-state index contributed by atoms with van der Waals surface area (Å²) < 4.78 is 45.1. The zero-order chi connectivity index (χ0) is 37.3. The first-order chi connectivity index (χ1) is 23.3. The summed E-state index contributed by atoms with van der Waals surface area (Å²) in [6.45, 7) is 14.7. The second-order valence-electron chi connectivity index (χ2n) is 15.7. The van der Waals surface area contributed by atoms with Crippen molar-refractivity contribution >= 4 is 12.1 Å². The minimum absolute atomic E-state index is 0.0468. The Labute approximate surface area is 296 Å². The molecule has 0 spiro atoms. The maximum atomic E-state index is 14.0. The average Bonchev–Trinajstić information content (AvgIpc) is 3.29. The second-order valence-corrected chi connectivity index (χ2v) is 15.7. The van der Waals surface area contributed by atoms with Crippen LogP contribution in [0.5, 0.6) is 0 Å². The van der Waals surface area contributed by atoms with Gasteiger partial charge in [0.05, 0.1) is 29.8 Å². The van der Waals surface area contributed by atoms with Gasteiger partial charge in [0.2, 0.25) is 0 Å². The van der Waals surface area contributed by atoms with Gasteiger partial charge in [-0.2, -0.15) is 0 Å². The summed E-state index contributed by atoms with van der Waals surface area (Å²) in [6.07, 6.45) is -5.43. The lowest BCUT2D eigenvalue weighted by Gasteiger charge is -2.47. The van der Waals surface area contributed by atoms with Gasteiger partial charge in [0.15, 0.2) is 6.29 Å². The molecule has 3 aliphatic rings. The lowest BCUT2D eigenvalue weighted by molar-refractivity contribution is -0.299. The lowest BCUT2D eigenvalue weighted by Crippen LogP contribution is -2.59. The van der Waals surface area contributed by atoms with Crippen LogP contribution < -0.4 is 11.1 Å². The molecule has 50 heavy (non-hydrogen) atoms. The molecule has 12 nitrogen and oxygen atoms in total. The van der Waals surface area contributed by atoms with Crippen LogP contribution in [-0.4, -0.2) is 107 Å². The number of cyclic esters (lactones) is 1. The molecule has 0 radical (unpaired) electrons. The highest BCUT2D eigenvalue weighted by atomic mass is 19.1. The molecule has 15 atom stereocenters. The predicted molar refractivity (Wildman–Crippen MR) is 184 cm³/mol. The smallest absolute Gasteiger partial charge is 0.407 e. The highest BCUT2D eigenvalue weighted by Gasteiger charge is 2.57. The van der Waals surface area contributed by atoms with Crippen LogP contribution in [0.4, 0.5) is 9.18 Å². The number of ether oxygens (including phenoxy) is 5. The summed E-state index contributed by atoms with van der Waals surface area (Å²) >= 11 is 0. The number of nitrogens with one attached hydrogen (secondary N) is 1. The van der Waals surface area contributed by atoms with E-state index in [1.807, 2.05) is 53.6 Å². The molecular weight excluding hydrogens is 649 g/mol. The number of hydrogen-bond acceptors (Lipinski definition) is 11. The van der Waals surface area contributed by atoms with Crippen LogP contribution in [-0.2, 0) is 35.0 Å². The number of nitrogens with zero attached hydrogens (tertiary/aromatic N) is 1. The molecule has 1 aromatic rings. The Balaban J connectivity index is 1.75. The molecular formula is C37H60FN3O9. The molecule has 284 valence electrons. The minimum Gasteiger partial charge on any atom is -0.459 e. The van der Waals surface area contributed by atoms with E-state index in [-0.39, 0.29) is 43.1 Å². The number of halogens is 1. The van der Waals surface area contributed by atoms with Gasteiger partial charge in [-0.1, -0.05) is 39.8 Å². The SMILES string of the molecule is CC[C@H]1OC(=O)[C@H](C)[C@@H](OC(=O)NCc2ccc(F)cc2)[C@H](C)[C@@H](O[C@@H]2O[C@H](C)C[C@H](N(C)C)[C@H]2O)[C@@](C)(O)C[C@@H](C)[C@@H]2OC1(C)[C@@H](N)[C@H]2C. The van der Waals surface area contributed by atoms with Gasteiger partial charge in [-0.05, 0) is 84.7 Å². The fourth-order valence-electron chi connectivity index (χ4n) is 8.42. The number of rotatable bonds is 7. The van der Waals surface area contributed by atoms with Crippen LogP contribution >= 0.6 is 0 Å². The summed E-state index contributed by atoms with van der Waals surface area (Å²) in [5, 5.41) is 26.6. The Morgan fingerprint density at radius 2 is 1.76 bits per heavy atom. The van der Waals surface area contributed by atoms with Crippen molar-refractivity contribution in [2.45, 2.75) is 147 Å². The summed E-state index contributed by atoms with van der Waals surface area (Å²) in [5.41, 5.74) is 4.83. The van der Waals surface area contributed by atoms with Crippen molar-refractivity contribution < 1.29 is 47.9 Å². The van der Waals surface area contributed by atoms with Gasteiger partial charge in [0.1, 0.15) is 29.7 Å². The first kappa shape index (κ1) is 40.4. The molecule has 0 aliphatic carbocycles. The van der Waals surface area contributed by atoms with Crippen LogP contribution in [0.1, 0.15) is 80.2 Å². The largest absolute Gasteiger partial charge is 0.459 e. The maximum Gasteiger partial charge on any atom is 0.407 e. The number of aliphatic hydroxyl groups excluding tert-OH is 1. The Bertz CT molecular complexity index is 1300. The van der Waals surface area contributed by atoms with E-state index in [1.54, 1.807) is 32.9 Å². The fraction of sp³-hybridized carbons (Fsp3) is 0.784. The topological polar surface area (TPSA) is 162 Å². The van der Waals surface area contributed by atoms with Gasteiger partial charge in [0, 0.05) is 30.5 Å².